The van der Waals surface area contributed by atoms with Crippen molar-refractivity contribution >= 4 is 16.8 Å². The molecule has 0 spiro atoms. The molecule has 1 aromatic heterocycles. The Morgan fingerprint density at radius 3 is 2.65 bits per heavy atom. The number of pyridine rings is 1. The molecule has 0 bridgehead atoms. The minimum absolute atomic E-state index is 0.0122. The molecule has 0 atom stereocenters. The minimum atomic E-state index is -0.113. The van der Waals surface area contributed by atoms with Gasteiger partial charge in [0.2, 0.25) is 5.91 Å². The van der Waals surface area contributed by atoms with E-state index in [-0.39, 0.29) is 11.5 Å². The second-order valence-electron chi connectivity index (χ2n) is 6.65. The van der Waals surface area contributed by atoms with E-state index >= 15 is 0 Å². The van der Waals surface area contributed by atoms with Gasteiger partial charge in [-0.1, -0.05) is 42.0 Å². The molecule has 1 heterocycles. The molecule has 3 aromatic rings. The Labute approximate surface area is 153 Å². The van der Waals surface area contributed by atoms with Gasteiger partial charge < -0.3 is 10.3 Å². The number of fused-ring (bicyclic) bond motifs is 1. The van der Waals surface area contributed by atoms with Crippen LogP contribution >= 0.6 is 0 Å². The molecule has 2 aromatic carbocycles. The lowest BCUT2D eigenvalue weighted by molar-refractivity contribution is -0.121. The first-order valence-electron chi connectivity index (χ1n) is 9.05. The molecule has 2 N–H and O–H groups in total. The molecule has 0 saturated heterocycles. The molecule has 0 aliphatic carbocycles. The number of hydrogen-bond donors (Lipinski definition) is 2. The SMILES string of the molecule is Cc1ccc2[nH]c(=O)c(CCC(=O)NCCCc3ccccc3)cc2c1. The number of aryl methyl sites for hydroxylation is 3. The molecule has 0 aliphatic rings. The summed E-state index contributed by atoms with van der Waals surface area (Å²) in [5.74, 6) is -0.0122. The highest BCUT2D eigenvalue weighted by molar-refractivity contribution is 5.80. The van der Waals surface area contributed by atoms with Crippen LogP contribution in [0.15, 0.2) is 59.4 Å². The molecule has 0 aliphatic heterocycles. The lowest BCUT2D eigenvalue weighted by Gasteiger charge is -2.06. The van der Waals surface area contributed by atoms with Crippen LogP contribution in [-0.2, 0) is 17.6 Å². The third-order valence-electron chi connectivity index (χ3n) is 4.51. The normalized spacial score (nSPS) is 10.8. The number of H-pyrrole nitrogens is 1. The van der Waals surface area contributed by atoms with E-state index in [1.54, 1.807) is 0 Å². The monoisotopic (exact) mass is 348 g/mol. The summed E-state index contributed by atoms with van der Waals surface area (Å²) < 4.78 is 0. The predicted octanol–water partition coefficient (Wildman–Crippen LogP) is 3.52. The summed E-state index contributed by atoms with van der Waals surface area (Å²) in [6.07, 6.45) is 2.63. The summed E-state index contributed by atoms with van der Waals surface area (Å²) in [7, 11) is 0. The lowest BCUT2D eigenvalue weighted by Crippen LogP contribution is -2.26. The van der Waals surface area contributed by atoms with Gasteiger partial charge in [0.1, 0.15) is 0 Å². The van der Waals surface area contributed by atoms with Crippen LogP contribution in [0.4, 0.5) is 0 Å². The Balaban J connectivity index is 1.49. The van der Waals surface area contributed by atoms with Crippen molar-refractivity contribution in [2.24, 2.45) is 0 Å². The van der Waals surface area contributed by atoms with Gasteiger partial charge in [-0.3, -0.25) is 9.59 Å². The number of hydrogen-bond acceptors (Lipinski definition) is 2. The van der Waals surface area contributed by atoms with Crippen LogP contribution in [0.3, 0.4) is 0 Å². The first-order valence-corrected chi connectivity index (χ1v) is 9.05. The van der Waals surface area contributed by atoms with Gasteiger partial charge in [0.05, 0.1) is 0 Å². The lowest BCUT2D eigenvalue weighted by atomic mass is 10.1. The summed E-state index contributed by atoms with van der Waals surface area (Å²) in [5, 5.41) is 3.94. The first-order chi connectivity index (χ1) is 12.6. The molecule has 4 heteroatoms. The zero-order valence-corrected chi connectivity index (χ0v) is 15.0. The number of amides is 1. The van der Waals surface area contributed by atoms with Gasteiger partial charge >= 0.3 is 0 Å². The van der Waals surface area contributed by atoms with E-state index in [0.29, 0.717) is 24.9 Å². The number of carbonyl (C=O) groups is 1. The highest BCUT2D eigenvalue weighted by Crippen LogP contribution is 2.13. The maximum absolute atomic E-state index is 12.2. The summed E-state index contributed by atoms with van der Waals surface area (Å²) >= 11 is 0. The van der Waals surface area contributed by atoms with Gasteiger partial charge in [-0.05, 0) is 55.3 Å². The molecular weight excluding hydrogens is 324 g/mol. The Morgan fingerprint density at radius 2 is 1.85 bits per heavy atom. The number of rotatable bonds is 7. The van der Waals surface area contributed by atoms with Crippen LogP contribution in [0, 0.1) is 6.92 Å². The molecule has 26 heavy (non-hydrogen) atoms. The van der Waals surface area contributed by atoms with Gasteiger partial charge in [-0.2, -0.15) is 0 Å². The van der Waals surface area contributed by atoms with Gasteiger partial charge in [-0.25, -0.2) is 0 Å². The second kappa shape index (κ2) is 8.48. The van der Waals surface area contributed by atoms with E-state index in [2.05, 4.69) is 22.4 Å². The highest BCUT2D eigenvalue weighted by Gasteiger charge is 2.07. The largest absolute Gasteiger partial charge is 0.356 e. The van der Waals surface area contributed by atoms with Crippen molar-refractivity contribution in [3.05, 3.63) is 81.6 Å². The Bertz CT molecular complexity index is 945. The van der Waals surface area contributed by atoms with Crippen LogP contribution in [0.2, 0.25) is 0 Å². The highest BCUT2D eigenvalue weighted by atomic mass is 16.1. The Kier molecular flexibility index (Phi) is 5.84. The number of benzene rings is 2. The third-order valence-corrected chi connectivity index (χ3v) is 4.51. The van der Waals surface area contributed by atoms with Crippen molar-refractivity contribution in [2.75, 3.05) is 6.54 Å². The summed E-state index contributed by atoms with van der Waals surface area (Å²) in [4.78, 5) is 27.1. The van der Waals surface area contributed by atoms with E-state index in [1.807, 2.05) is 49.4 Å². The van der Waals surface area contributed by atoms with Crippen LogP contribution in [0.1, 0.15) is 29.5 Å². The number of aromatic amines is 1. The Morgan fingerprint density at radius 1 is 1.04 bits per heavy atom. The van der Waals surface area contributed by atoms with E-state index in [4.69, 9.17) is 0 Å². The van der Waals surface area contributed by atoms with Gasteiger partial charge in [0.15, 0.2) is 0 Å². The average molecular weight is 348 g/mol. The molecule has 0 saturated carbocycles. The van der Waals surface area contributed by atoms with Crippen molar-refractivity contribution in [2.45, 2.75) is 32.6 Å². The van der Waals surface area contributed by atoms with E-state index < -0.39 is 0 Å². The summed E-state index contributed by atoms with van der Waals surface area (Å²) in [5.41, 5.74) is 3.79. The quantitative estimate of drug-likeness (QED) is 0.642. The third kappa shape index (κ3) is 4.82. The van der Waals surface area contributed by atoms with Crippen LogP contribution in [0.25, 0.3) is 10.9 Å². The van der Waals surface area contributed by atoms with E-state index in [0.717, 1.165) is 29.3 Å². The smallest absolute Gasteiger partial charge is 0.251 e. The van der Waals surface area contributed by atoms with Gasteiger partial charge in [0, 0.05) is 24.0 Å². The van der Waals surface area contributed by atoms with Crippen molar-refractivity contribution in [1.82, 2.24) is 10.3 Å². The Hall–Kier alpha value is -2.88. The first kappa shape index (κ1) is 17.9. The molecule has 1 amide bonds. The minimum Gasteiger partial charge on any atom is -0.356 e. The summed E-state index contributed by atoms with van der Waals surface area (Å²) in [6, 6.07) is 18.1. The fourth-order valence-electron chi connectivity index (χ4n) is 3.06. The molecule has 134 valence electrons. The van der Waals surface area contributed by atoms with Crippen molar-refractivity contribution in [1.29, 1.82) is 0 Å². The topological polar surface area (TPSA) is 62.0 Å². The molecule has 3 rings (SSSR count). The molecule has 0 fully saturated rings. The maximum atomic E-state index is 12.2. The zero-order valence-electron chi connectivity index (χ0n) is 15.0. The summed E-state index contributed by atoms with van der Waals surface area (Å²) in [6.45, 7) is 2.67. The fourth-order valence-corrected chi connectivity index (χ4v) is 3.06. The van der Waals surface area contributed by atoms with E-state index in [1.165, 1.54) is 5.56 Å². The standard InChI is InChI=1S/C22H24N2O2/c1-16-9-11-20-19(14-16)15-18(22(26)24-20)10-12-21(25)23-13-5-8-17-6-3-2-4-7-17/h2-4,6-7,9,11,14-15H,5,8,10,12-13H2,1H3,(H,23,25)(H,24,26). The van der Waals surface area contributed by atoms with Crippen molar-refractivity contribution in [3.63, 3.8) is 0 Å². The van der Waals surface area contributed by atoms with Crippen molar-refractivity contribution < 1.29 is 4.79 Å². The van der Waals surface area contributed by atoms with Gasteiger partial charge in [0.25, 0.3) is 5.56 Å². The molecule has 0 unspecified atom stereocenters. The zero-order chi connectivity index (χ0) is 18.4. The second-order valence-corrected chi connectivity index (χ2v) is 6.65. The van der Waals surface area contributed by atoms with Crippen LogP contribution < -0.4 is 10.9 Å². The molecule has 4 nitrogen and oxygen atoms in total. The maximum Gasteiger partial charge on any atom is 0.251 e. The van der Waals surface area contributed by atoms with Crippen LogP contribution in [0.5, 0.6) is 0 Å². The number of nitrogens with one attached hydrogen (secondary N) is 2. The average Bonchev–Trinajstić information content (AvgIpc) is 2.65. The number of aromatic nitrogens is 1. The van der Waals surface area contributed by atoms with E-state index in [9.17, 15) is 9.59 Å². The number of carbonyl (C=O) groups excluding carboxylic acids is 1. The predicted molar refractivity (Wildman–Crippen MR) is 105 cm³/mol. The van der Waals surface area contributed by atoms with Gasteiger partial charge in [-0.15, -0.1) is 0 Å². The van der Waals surface area contributed by atoms with Crippen molar-refractivity contribution in [3.8, 4) is 0 Å². The molecule has 0 radical (unpaired) electrons. The van der Waals surface area contributed by atoms with Crippen LogP contribution in [-0.4, -0.2) is 17.4 Å². The fraction of sp³-hybridized carbons (Fsp3) is 0.273. The molecular formula is C22H24N2O2.